The second kappa shape index (κ2) is 6.74. The van der Waals surface area contributed by atoms with Gasteiger partial charge in [0.2, 0.25) is 11.7 Å². The van der Waals surface area contributed by atoms with Crippen molar-refractivity contribution < 1.29 is 22.5 Å². The first-order valence-electron chi connectivity index (χ1n) is 8.56. The number of fused-ring (bicyclic) bond motifs is 1. The van der Waals surface area contributed by atoms with Crippen LogP contribution in [0.2, 0.25) is 0 Å². The first kappa shape index (κ1) is 18.1. The van der Waals surface area contributed by atoms with Crippen LogP contribution in [0, 0.1) is 0 Å². The van der Waals surface area contributed by atoms with Crippen LogP contribution >= 0.6 is 0 Å². The summed E-state index contributed by atoms with van der Waals surface area (Å²) in [4.78, 5) is 22.6. The topological polar surface area (TPSA) is 72.1 Å². The van der Waals surface area contributed by atoms with E-state index in [9.17, 15) is 18.0 Å². The maximum atomic E-state index is 12.9. The van der Waals surface area contributed by atoms with E-state index in [0.717, 1.165) is 5.56 Å². The zero-order chi connectivity index (χ0) is 19.9. The minimum absolute atomic E-state index is 0.0306. The van der Waals surface area contributed by atoms with E-state index < -0.39 is 18.5 Å². The van der Waals surface area contributed by atoms with Gasteiger partial charge in [-0.15, -0.1) is 0 Å². The number of rotatable bonds is 4. The molecule has 0 aliphatic carbocycles. The van der Waals surface area contributed by atoms with Gasteiger partial charge in [-0.1, -0.05) is 35.5 Å². The summed E-state index contributed by atoms with van der Waals surface area (Å²) in [5.41, 5.74) is 2.33. The van der Waals surface area contributed by atoms with E-state index in [1.54, 1.807) is 11.0 Å². The molecule has 144 valence electrons. The van der Waals surface area contributed by atoms with Gasteiger partial charge in [0.05, 0.1) is 23.8 Å². The van der Waals surface area contributed by atoms with Crippen LogP contribution < -0.4 is 0 Å². The van der Waals surface area contributed by atoms with Gasteiger partial charge < -0.3 is 9.42 Å². The van der Waals surface area contributed by atoms with E-state index >= 15 is 0 Å². The molecule has 6 nitrogen and oxygen atoms in total. The van der Waals surface area contributed by atoms with Gasteiger partial charge in [-0.05, 0) is 18.6 Å². The van der Waals surface area contributed by atoms with Crippen LogP contribution in [0.3, 0.4) is 0 Å². The molecule has 2 aromatic heterocycles. The molecule has 1 aromatic carbocycles. The van der Waals surface area contributed by atoms with Crippen LogP contribution in [0.1, 0.15) is 40.5 Å². The second-order valence-corrected chi connectivity index (χ2v) is 6.54. The fraction of sp³-hybridized carbons (Fsp3) is 0.263. The third-order valence-corrected chi connectivity index (χ3v) is 4.61. The maximum Gasteiger partial charge on any atom is 0.397 e. The summed E-state index contributed by atoms with van der Waals surface area (Å²) in [6.45, 7) is 2.29. The Labute approximate surface area is 158 Å². The van der Waals surface area contributed by atoms with Crippen molar-refractivity contribution in [2.75, 3.05) is 0 Å². The van der Waals surface area contributed by atoms with Gasteiger partial charge in [0.25, 0.3) is 5.91 Å². The summed E-state index contributed by atoms with van der Waals surface area (Å²) in [5.74, 6) is -0.759. The lowest BCUT2D eigenvalue weighted by Gasteiger charge is -2.24. The van der Waals surface area contributed by atoms with E-state index in [0.29, 0.717) is 23.4 Å². The van der Waals surface area contributed by atoms with E-state index in [-0.39, 0.29) is 17.8 Å². The molecule has 3 heterocycles. The molecule has 0 N–H and O–H groups in total. The van der Waals surface area contributed by atoms with Crippen molar-refractivity contribution in [1.29, 1.82) is 0 Å². The molecule has 1 aliphatic heterocycles. The molecule has 1 atom stereocenters. The fourth-order valence-electron chi connectivity index (χ4n) is 3.15. The number of halogens is 3. The Morgan fingerprint density at radius 1 is 1.25 bits per heavy atom. The number of amides is 1. The number of hydrogen-bond donors (Lipinski definition) is 0. The summed E-state index contributed by atoms with van der Waals surface area (Å²) in [6, 6.07) is 11.0. The van der Waals surface area contributed by atoms with Gasteiger partial charge in [-0.3, -0.25) is 9.78 Å². The Hall–Kier alpha value is -3.23. The fourth-order valence-corrected chi connectivity index (χ4v) is 3.15. The summed E-state index contributed by atoms with van der Waals surface area (Å²) >= 11 is 0. The smallest absolute Gasteiger partial charge is 0.339 e. The highest BCUT2D eigenvalue weighted by Gasteiger charge is 2.34. The Morgan fingerprint density at radius 3 is 2.71 bits per heavy atom. The number of carbonyl (C=O) groups is 1. The SMILES string of the molecule is CC(c1ccccc1)N1Cc2ncc(-c3noc(CC(F)(F)F)n3)cc2C1=O. The van der Waals surface area contributed by atoms with Crippen LogP contribution in [-0.4, -0.2) is 32.1 Å². The molecule has 0 saturated carbocycles. The largest absolute Gasteiger partial charge is 0.397 e. The molecule has 9 heteroatoms. The summed E-state index contributed by atoms with van der Waals surface area (Å²) < 4.78 is 42.0. The van der Waals surface area contributed by atoms with Gasteiger partial charge in [0.15, 0.2) is 0 Å². The lowest BCUT2D eigenvalue weighted by atomic mass is 10.1. The van der Waals surface area contributed by atoms with E-state index in [4.69, 9.17) is 0 Å². The Kier molecular flexibility index (Phi) is 4.37. The molecule has 0 bridgehead atoms. The summed E-state index contributed by atoms with van der Waals surface area (Å²) in [6.07, 6.45) is -4.31. The number of benzene rings is 1. The van der Waals surface area contributed by atoms with Gasteiger partial charge in [-0.2, -0.15) is 18.2 Å². The molecular weight excluding hydrogens is 373 g/mol. The molecule has 3 aromatic rings. The van der Waals surface area contributed by atoms with Gasteiger partial charge in [0.1, 0.15) is 6.42 Å². The van der Waals surface area contributed by atoms with Crippen molar-refractivity contribution in [2.45, 2.75) is 32.1 Å². The Bertz CT molecular complexity index is 1020. The van der Waals surface area contributed by atoms with Crippen molar-refractivity contribution in [1.82, 2.24) is 20.0 Å². The number of pyridine rings is 1. The average Bonchev–Trinajstić information content (AvgIpc) is 3.25. The molecule has 0 saturated heterocycles. The highest BCUT2D eigenvalue weighted by atomic mass is 19.4. The van der Waals surface area contributed by atoms with E-state index in [1.165, 1.54) is 6.20 Å². The first-order chi connectivity index (χ1) is 13.3. The number of carbonyl (C=O) groups excluding carboxylic acids is 1. The molecule has 0 fully saturated rings. The molecule has 0 spiro atoms. The molecule has 1 aliphatic rings. The normalized spacial score (nSPS) is 15.0. The van der Waals surface area contributed by atoms with Crippen LogP contribution in [-0.2, 0) is 13.0 Å². The van der Waals surface area contributed by atoms with Gasteiger partial charge >= 0.3 is 6.18 Å². The van der Waals surface area contributed by atoms with Crippen LogP contribution in [0.15, 0.2) is 47.1 Å². The van der Waals surface area contributed by atoms with Crippen molar-refractivity contribution in [3.63, 3.8) is 0 Å². The third kappa shape index (κ3) is 3.47. The lowest BCUT2D eigenvalue weighted by Crippen LogP contribution is -2.27. The van der Waals surface area contributed by atoms with Crippen molar-refractivity contribution in [3.8, 4) is 11.4 Å². The number of aromatic nitrogens is 3. The van der Waals surface area contributed by atoms with Crippen molar-refractivity contribution in [2.24, 2.45) is 0 Å². The zero-order valence-electron chi connectivity index (χ0n) is 14.8. The number of alkyl halides is 3. The summed E-state index contributed by atoms with van der Waals surface area (Å²) in [7, 11) is 0. The van der Waals surface area contributed by atoms with Gasteiger partial charge in [0, 0.05) is 11.8 Å². The van der Waals surface area contributed by atoms with E-state index in [1.807, 2.05) is 37.3 Å². The lowest BCUT2D eigenvalue weighted by molar-refractivity contribution is -0.131. The minimum Gasteiger partial charge on any atom is -0.339 e. The second-order valence-electron chi connectivity index (χ2n) is 6.54. The van der Waals surface area contributed by atoms with Crippen LogP contribution in [0.4, 0.5) is 13.2 Å². The molecule has 1 unspecified atom stereocenters. The quantitative estimate of drug-likeness (QED) is 0.677. The molecule has 1 amide bonds. The van der Waals surface area contributed by atoms with Crippen molar-refractivity contribution in [3.05, 3.63) is 65.3 Å². The third-order valence-electron chi connectivity index (χ3n) is 4.61. The highest BCUT2D eigenvalue weighted by molar-refractivity contribution is 5.99. The molecule has 28 heavy (non-hydrogen) atoms. The first-order valence-corrected chi connectivity index (χ1v) is 8.56. The highest BCUT2D eigenvalue weighted by Crippen LogP contribution is 2.32. The van der Waals surface area contributed by atoms with E-state index in [2.05, 4.69) is 19.6 Å². The zero-order valence-corrected chi connectivity index (χ0v) is 14.8. The van der Waals surface area contributed by atoms with Gasteiger partial charge in [-0.25, -0.2) is 0 Å². The standard InChI is InChI=1S/C19H15F3N4O2/c1-11(12-5-3-2-4-6-12)26-10-15-14(18(26)27)7-13(9-23-15)17-24-16(28-25-17)8-19(20,21)22/h2-7,9,11H,8,10H2,1H3. The molecule has 4 rings (SSSR count). The number of nitrogens with zero attached hydrogens (tertiary/aromatic N) is 4. The minimum atomic E-state index is -4.44. The Balaban J connectivity index is 1.58. The maximum absolute atomic E-state index is 12.9. The Morgan fingerprint density at radius 2 is 2.00 bits per heavy atom. The predicted molar refractivity (Wildman–Crippen MR) is 92.0 cm³/mol. The molecular formula is C19H15F3N4O2. The van der Waals surface area contributed by atoms with Crippen LogP contribution in [0.25, 0.3) is 11.4 Å². The summed E-state index contributed by atoms with van der Waals surface area (Å²) in [5, 5.41) is 3.57. The predicted octanol–water partition coefficient (Wildman–Crippen LogP) is 3.95. The average molecular weight is 388 g/mol. The van der Waals surface area contributed by atoms with Crippen LogP contribution in [0.5, 0.6) is 0 Å². The monoisotopic (exact) mass is 388 g/mol. The molecule has 0 radical (unpaired) electrons. The van der Waals surface area contributed by atoms with Crippen molar-refractivity contribution >= 4 is 5.91 Å². The number of hydrogen-bond acceptors (Lipinski definition) is 5.